The Hall–Kier alpha value is -1.65. The van der Waals surface area contributed by atoms with Crippen molar-refractivity contribution in [3.05, 3.63) is 36.0 Å². The van der Waals surface area contributed by atoms with E-state index in [1.165, 1.54) is 5.56 Å². The van der Waals surface area contributed by atoms with Crippen LogP contribution >= 0.6 is 0 Å². The van der Waals surface area contributed by atoms with Gasteiger partial charge in [0.1, 0.15) is 0 Å². The average molecular weight is 246 g/mol. The molecule has 2 aromatic rings. The minimum atomic E-state index is 0.0668. The number of ether oxygens (including phenoxy) is 1. The largest absolute Gasteiger partial charge is 0.394 e. The van der Waals surface area contributed by atoms with Gasteiger partial charge in [-0.1, -0.05) is 18.2 Å². The van der Waals surface area contributed by atoms with Crippen molar-refractivity contribution in [2.75, 3.05) is 31.7 Å². The van der Waals surface area contributed by atoms with Crippen LogP contribution in [-0.4, -0.2) is 36.5 Å². The van der Waals surface area contributed by atoms with Gasteiger partial charge in [-0.15, -0.1) is 0 Å². The molecule has 0 fully saturated rings. The Morgan fingerprint density at radius 3 is 3.00 bits per heavy atom. The molecule has 0 unspecified atom stereocenters. The molecule has 0 amide bonds. The zero-order chi connectivity index (χ0) is 12.8. The summed E-state index contributed by atoms with van der Waals surface area (Å²) in [6.45, 7) is 3.81. The maximum atomic E-state index is 8.60. The summed E-state index contributed by atoms with van der Waals surface area (Å²) in [4.78, 5) is 4.39. The molecule has 1 heterocycles. The number of aliphatic hydroxyl groups is 1. The van der Waals surface area contributed by atoms with E-state index in [4.69, 9.17) is 9.84 Å². The lowest BCUT2D eigenvalue weighted by molar-refractivity contribution is 0.0992. The van der Waals surface area contributed by atoms with E-state index in [-0.39, 0.29) is 6.61 Å². The number of anilines is 1. The Morgan fingerprint density at radius 1 is 1.28 bits per heavy atom. The normalized spacial score (nSPS) is 10.8. The second kappa shape index (κ2) is 6.33. The van der Waals surface area contributed by atoms with Crippen molar-refractivity contribution in [3.63, 3.8) is 0 Å². The monoisotopic (exact) mass is 246 g/mol. The molecule has 4 nitrogen and oxygen atoms in total. The number of hydrogen-bond donors (Lipinski definition) is 2. The first-order chi connectivity index (χ1) is 8.83. The van der Waals surface area contributed by atoms with Gasteiger partial charge >= 0.3 is 0 Å². The average Bonchev–Trinajstić information content (AvgIpc) is 2.39. The lowest BCUT2D eigenvalue weighted by Gasteiger charge is -2.10. The van der Waals surface area contributed by atoms with E-state index in [9.17, 15) is 0 Å². The number of fused-ring (bicyclic) bond motifs is 1. The molecule has 1 aromatic carbocycles. The molecule has 18 heavy (non-hydrogen) atoms. The van der Waals surface area contributed by atoms with Crippen LogP contribution in [-0.2, 0) is 4.74 Å². The maximum absolute atomic E-state index is 8.60. The Kier molecular flexibility index (Phi) is 4.50. The van der Waals surface area contributed by atoms with Gasteiger partial charge in [-0.2, -0.15) is 0 Å². The molecule has 0 aliphatic carbocycles. The third-order valence-electron chi connectivity index (χ3n) is 2.77. The van der Waals surface area contributed by atoms with Gasteiger partial charge < -0.3 is 15.2 Å². The van der Waals surface area contributed by atoms with Crippen LogP contribution in [0, 0.1) is 6.92 Å². The molecule has 2 rings (SSSR count). The molecule has 2 N–H and O–H groups in total. The van der Waals surface area contributed by atoms with Gasteiger partial charge in [-0.3, -0.25) is 4.98 Å². The second-order valence-corrected chi connectivity index (χ2v) is 4.09. The third-order valence-corrected chi connectivity index (χ3v) is 2.77. The highest BCUT2D eigenvalue weighted by molar-refractivity contribution is 5.92. The fourth-order valence-electron chi connectivity index (χ4n) is 1.90. The van der Waals surface area contributed by atoms with Crippen molar-refractivity contribution in [3.8, 4) is 0 Å². The first-order valence-corrected chi connectivity index (χ1v) is 6.09. The lowest BCUT2D eigenvalue weighted by Crippen LogP contribution is -2.11. The smallest absolute Gasteiger partial charge is 0.0751 e. The van der Waals surface area contributed by atoms with Crippen LogP contribution in [0.4, 0.5) is 5.69 Å². The summed E-state index contributed by atoms with van der Waals surface area (Å²) in [6.07, 6.45) is 1.81. The van der Waals surface area contributed by atoms with Gasteiger partial charge in [0.05, 0.1) is 25.3 Å². The first kappa shape index (κ1) is 12.8. The van der Waals surface area contributed by atoms with Gasteiger partial charge in [0, 0.05) is 23.8 Å². The molecule has 0 saturated heterocycles. The van der Waals surface area contributed by atoms with Crippen molar-refractivity contribution in [1.29, 1.82) is 0 Å². The van der Waals surface area contributed by atoms with Crippen LogP contribution in [0.2, 0.25) is 0 Å². The number of aryl methyl sites for hydroxylation is 1. The summed E-state index contributed by atoms with van der Waals surface area (Å²) in [7, 11) is 0. The Morgan fingerprint density at radius 2 is 2.17 bits per heavy atom. The predicted molar refractivity (Wildman–Crippen MR) is 72.9 cm³/mol. The fourth-order valence-corrected chi connectivity index (χ4v) is 1.90. The van der Waals surface area contributed by atoms with Crippen molar-refractivity contribution in [2.45, 2.75) is 6.92 Å². The molecule has 0 saturated carbocycles. The highest BCUT2D eigenvalue weighted by Gasteiger charge is 2.02. The molecule has 0 radical (unpaired) electrons. The predicted octanol–water partition coefficient (Wildman–Crippen LogP) is 1.96. The summed E-state index contributed by atoms with van der Waals surface area (Å²) in [5.74, 6) is 0. The standard InChI is InChI=1S/C14H18N2O2/c1-11-3-2-4-12-13(5-6-16-14(11)12)15-7-9-18-10-8-17/h2-6,17H,7-10H2,1H3,(H,15,16). The summed E-state index contributed by atoms with van der Waals surface area (Å²) in [5.41, 5.74) is 3.27. The van der Waals surface area contributed by atoms with Gasteiger partial charge in [0.15, 0.2) is 0 Å². The quantitative estimate of drug-likeness (QED) is 0.765. The topological polar surface area (TPSA) is 54.4 Å². The number of nitrogens with one attached hydrogen (secondary N) is 1. The number of pyridine rings is 1. The molecule has 96 valence electrons. The molecule has 1 aromatic heterocycles. The van der Waals surface area contributed by atoms with Crippen LogP contribution in [0.1, 0.15) is 5.56 Å². The van der Waals surface area contributed by atoms with E-state index in [1.807, 2.05) is 18.3 Å². The first-order valence-electron chi connectivity index (χ1n) is 6.09. The molecule has 0 aliphatic rings. The number of hydrogen-bond acceptors (Lipinski definition) is 4. The molecule has 0 spiro atoms. The molecule has 0 bridgehead atoms. The van der Waals surface area contributed by atoms with Crippen LogP contribution in [0.15, 0.2) is 30.5 Å². The van der Waals surface area contributed by atoms with Crippen molar-refractivity contribution < 1.29 is 9.84 Å². The number of para-hydroxylation sites is 1. The van der Waals surface area contributed by atoms with Gasteiger partial charge in [0.2, 0.25) is 0 Å². The Bertz CT molecular complexity index is 514. The number of aliphatic hydroxyl groups excluding tert-OH is 1. The minimum absolute atomic E-state index is 0.0668. The van der Waals surface area contributed by atoms with E-state index in [2.05, 4.69) is 29.4 Å². The molecular formula is C14H18N2O2. The lowest BCUT2D eigenvalue weighted by atomic mass is 10.1. The molecular weight excluding hydrogens is 228 g/mol. The maximum Gasteiger partial charge on any atom is 0.0751 e. The molecule has 0 aliphatic heterocycles. The summed E-state index contributed by atoms with van der Waals surface area (Å²) < 4.78 is 5.21. The van der Waals surface area contributed by atoms with Crippen LogP contribution in [0.5, 0.6) is 0 Å². The number of aromatic nitrogens is 1. The summed E-state index contributed by atoms with van der Waals surface area (Å²) >= 11 is 0. The summed E-state index contributed by atoms with van der Waals surface area (Å²) in [5, 5.41) is 13.1. The summed E-state index contributed by atoms with van der Waals surface area (Å²) in [6, 6.07) is 8.12. The zero-order valence-corrected chi connectivity index (χ0v) is 10.5. The van der Waals surface area contributed by atoms with E-state index in [1.54, 1.807) is 0 Å². The second-order valence-electron chi connectivity index (χ2n) is 4.09. The van der Waals surface area contributed by atoms with E-state index in [0.717, 1.165) is 16.6 Å². The third kappa shape index (κ3) is 2.97. The van der Waals surface area contributed by atoms with E-state index >= 15 is 0 Å². The van der Waals surface area contributed by atoms with Gasteiger partial charge in [0.25, 0.3) is 0 Å². The minimum Gasteiger partial charge on any atom is -0.394 e. The van der Waals surface area contributed by atoms with Crippen LogP contribution in [0.3, 0.4) is 0 Å². The number of rotatable bonds is 6. The van der Waals surface area contributed by atoms with Crippen LogP contribution < -0.4 is 5.32 Å². The highest BCUT2D eigenvalue weighted by atomic mass is 16.5. The Labute approximate surface area is 107 Å². The highest BCUT2D eigenvalue weighted by Crippen LogP contribution is 2.23. The zero-order valence-electron chi connectivity index (χ0n) is 10.5. The SMILES string of the molecule is Cc1cccc2c(NCCOCCO)ccnc12. The number of benzene rings is 1. The van der Waals surface area contributed by atoms with Gasteiger partial charge in [-0.25, -0.2) is 0 Å². The van der Waals surface area contributed by atoms with Crippen molar-refractivity contribution in [2.24, 2.45) is 0 Å². The molecule has 4 heteroatoms. The van der Waals surface area contributed by atoms with Crippen LogP contribution in [0.25, 0.3) is 10.9 Å². The Balaban J connectivity index is 2.07. The van der Waals surface area contributed by atoms with Gasteiger partial charge in [-0.05, 0) is 18.6 Å². The van der Waals surface area contributed by atoms with Crippen molar-refractivity contribution in [1.82, 2.24) is 4.98 Å². The van der Waals surface area contributed by atoms with E-state index in [0.29, 0.717) is 19.8 Å². The number of nitrogens with zero attached hydrogens (tertiary/aromatic N) is 1. The van der Waals surface area contributed by atoms with E-state index < -0.39 is 0 Å². The fraction of sp³-hybridized carbons (Fsp3) is 0.357. The van der Waals surface area contributed by atoms with Crippen molar-refractivity contribution >= 4 is 16.6 Å². The molecule has 0 atom stereocenters.